The van der Waals surface area contributed by atoms with Gasteiger partial charge in [0.05, 0.1) is 19.0 Å². The summed E-state index contributed by atoms with van der Waals surface area (Å²) >= 11 is 1.46. The topological polar surface area (TPSA) is 204 Å². The monoisotopic (exact) mass is 507 g/mol. The number of aliphatic carboxylic acids is 2. The fourth-order valence-corrected chi connectivity index (χ4v) is 3.80. The average Bonchev–Trinajstić information content (AvgIpc) is 3.22. The number of nitrogens with two attached hydrogens (primary N) is 1. The number of thioether (sulfide) groups is 1. The molecule has 1 aromatic carbocycles. The van der Waals surface area contributed by atoms with Crippen molar-refractivity contribution in [1.82, 2.24) is 20.9 Å². The molecule has 2 rings (SSSR count). The highest BCUT2D eigenvalue weighted by Gasteiger charge is 2.26. The van der Waals surface area contributed by atoms with Crippen molar-refractivity contribution in [3.63, 3.8) is 0 Å². The second kappa shape index (κ2) is 13.3. The number of para-hydroxylation sites is 1. The summed E-state index contributed by atoms with van der Waals surface area (Å²) < 4.78 is 0. The van der Waals surface area contributed by atoms with E-state index in [1.54, 1.807) is 6.20 Å². The van der Waals surface area contributed by atoms with E-state index in [1.165, 1.54) is 11.8 Å². The van der Waals surface area contributed by atoms with E-state index in [2.05, 4.69) is 15.6 Å². The summed E-state index contributed by atoms with van der Waals surface area (Å²) in [5.74, 6) is -4.42. The normalized spacial score (nSPS) is 13.4. The minimum atomic E-state index is -1.63. The van der Waals surface area contributed by atoms with Crippen molar-refractivity contribution >= 4 is 52.3 Å². The van der Waals surface area contributed by atoms with Crippen LogP contribution in [0.15, 0.2) is 30.5 Å². The van der Waals surface area contributed by atoms with Gasteiger partial charge in [0.1, 0.15) is 12.1 Å². The zero-order valence-electron chi connectivity index (χ0n) is 19.1. The molecule has 190 valence electrons. The van der Waals surface area contributed by atoms with E-state index < -0.39 is 60.8 Å². The molecule has 1 aromatic heterocycles. The highest BCUT2D eigenvalue weighted by atomic mass is 32.2. The third kappa shape index (κ3) is 8.61. The Kier molecular flexibility index (Phi) is 10.5. The van der Waals surface area contributed by atoms with E-state index in [0.29, 0.717) is 5.75 Å². The Labute approximate surface area is 205 Å². The van der Waals surface area contributed by atoms with Crippen LogP contribution in [0.5, 0.6) is 0 Å². The molecule has 0 aliphatic rings. The number of benzene rings is 1. The number of carboxylic acid groups (broad SMARTS) is 2. The summed E-state index contributed by atoms with van der Waals surface area (Å²) in [4.78, 5) is 62.3. The number of hydrogen-bond acceptors (Lipinski definition) is 7. The van der Waals surface area contributed by atoms with Crippen LogP contribution in [-0.2, 0) is 30.4 Å². The van der Waals surface area contributed by atoms with Crippen molar-refractivity contribution in [1.29, 1.82) is 0 Å². The molecule has 13 heteroatoms. The predicted molar refractivity (Wildman–Crippen MR) is 130 cm³/mol. The summed E-state index contributed by atoms with van der Waals surface area (Å²) in [7, 11) is 0. The molecule has 0 aliphatic heterocycles. The zero-order chi connectivity index (χ0) is 26.0. The number of fused-ring (bicyclic) bond motifs is 1. The number of carboxylic acids is 2. The Morgan fingerprint density at radius 1 is 1.06 bits per heavy atom. The third-order valence-electron chi connectivity index (χ3n) is 5.13. The van der Waals surface area contributed by atoms with Crippen LogP contribution in [0.3, 0.4) is 0 Å². The molecule has 0 bridgehead atoms. The van der Waals surface area contributed by atoms with Gasteiger partial charge in [-0.25, -0.2) is 4.79 Å². The van der Waals surface area contributed by atoms with Crippen LogP contribution in [0, 0.1) is 0 Å². The van der Waals surface area contributed by atoms with E-state index in [4.69, 9.17) is 15.9 Å². The van der Waals surface area contributed by atoms with Crippen LogP contribution in [0.4, 0.5) is 0 Å². The number of nitrogens with one attached hydrogen (secondary N) is 4. The van der Waals surface area contributed by atoms with Gasteiger partial charge in [0.15, 0.2) is 0 Å². The van der Waals surface area contributed by atoms with Gasteiger partial charge in [-0.05, 0) is 36.5 Å². The van der Waals surface area contributed by atoms with Crippen molar-refractivity contribution < 1.29 is 34.2 Å². The number of carbonyl (C=O) groups is 5. The minimum Gasteiger partial charge on any atom is -0.481 e. The molecule has 12 nitrogen and oxygen atoms in total. The van der Waals surface area contributed by atoms with Crippen molar-refractivity contribution in [3.8, 4) is 0 Å². The van der Waals surface area contributed by atoms with Gasteiger partial charge < -0.3 is 36.9 Å². The lowest BCUT2D eigenvalue weighted by molar-refractivity contribution is -0.147. The van der Waals surface area contributed by atoms with Gasteiger partial charge >= 0.3 is 11.9 Å². The Morgan fingerprint density at radius 3 is 2.43 bits per heavy atom. The van der Waals surface area contributed by atoms with Gasteiger partial charge in [-0.15, -0.1) is 0 Å². The van der Waals surface area contributed by atoms with E-state index in [-0.39, 0.29) is 12.8 Å². The quantitative estimate of drug-likeness (QED) is 0.175. The number of carbonyl (C=O) groups excluding carboxylic acids is 3. The summed E-state index contributed by atoms with van der Waals surface area (Å²) in [5, 5.41) is 25.7. The lowest BCUT2D eigenvalue weighted by Gasteiger charge is -2.21. The Morgan fingerprint density at radius 2 is 1.77 bits per heavy atom. The van der Waals surface area contributed by atoms with Gasteiger partial charge in [0, 0.05) is 17.1 Å². The summed E-state index contributed by atoms with van der Waals surface area (Å²) in [6, 6.07) is 4.07. The molecule has 0 spiro atoms. The molecule has 3 unspecified atom stereocenters. The fraction of sp³-hybridized carbons (Fsp3) is 0.409. The number of hydrogen-bond donors (Lipinski definition) is 7. The van der Waals surface area contributed by atoms with Crippen LogP contribution in [0.25, 0.3) is 10.9 Å². The SMILES string of the molecule is CSCCC(NC(=O)C(N)Cc1c[nH]c2ccccc12)C(=O)NCC(=O)NC(CC(=O)O)C(=O)O. The molecule has 0 saturated heterocycles. The maximum absolute atomic E-state index is 12.7. The number of amides is 3. The highest BCUT2D eigenvalue weighted by Crippen LogP contribution is 2.18. The van der Waals surface area contributed by atoms with Gasteiger partial charge in [-0.2, -0.15) is 11.8 Å². The van der Waals surface area contributed by atoms with E-state index >= 15 is 0 Å². The minimum absolute atomic E-state index is 0.245. The van der Waals surface area contributed by atoms with E-state index in [9.17, 15) is 24.0 Å². The number of H-pyrrole nitrogens is 1. The maximum atomic E-state index is 12.7. The van der Waals surface area contributed by atoms with Crippen molar-refractivity contribution in [2.75, 3.05) is 18.6 Å². The summed E-state index contributed by atoms with van der Waals surface area (Å²) in [6.07, 6.45) is 3.33. The van der Waals surface area contributed by atoms with Crippen LogP contribution in [0.2, 0.25) is 0 Å². The molecule has 0 aliphatic carbocycles. The third-order valence-corrected chi connectivity index (χ3v) is 5.77. The summed E-state index contributed by atoms with van der Waals surface area (Å²) in [6.45, 7) is -0.588. The highest BCUT2D eigenvalue weighted by molar-refractivity contribution is 7.98. The predicted octanol–water partition coefficient (Wildman–Crippen LogP) is -0.564. The molecule has 3 amide bonds. The molecule has 3 atom stereocenters. The van der Waals surface area contributed by atoms with E-state index in [1.807, 2.05) is 35.8 Å². The first-order valence-corrected chi connectivity index (χ1v) is 12.1. The van der Waals surface area contributed by atoms with Crippen molar-refractivity contribution in [3.05, 3.63) is 36.0 Å². The van der Waals surface area contributed by atoms with Gasteiger partial charge in [0.25, 0.3) is 0 Å². The molecule has 35 heavy (non-hydrogen) atoms. The standard InChI is InChI=1S/C22H29N5O7S/c1-35-7-6-16(21(32)25-11-18(28)26-17(22(33)34)9-19(29)30)27-20(31)14(23)8-12-10-24-15-5-3-2-4-13(12)15/h2-5,10,14,16-17,24H,6-9,11,23H2,1H3,(H,25,32)(H,26,28)(H,27,31)(H,29,30)(H,33,34). The smallest absolute Gasteiger partial charge is 0.326 e. The zero-order valence-corrected chi connectivity index (χ0v) is 19.9. The molecule has 0 fully saturated rings. The maximum Gasteiger partial charge on any atom is 0.326 e. The largest absolute Gasteiger partial charge is 0.481 e. The molecule has 8 N–H and O–H groups in total. The Bertz CT molecular complexity index is 1070. The molecular formula is C22H29N5O7S. The van der Waals surface area contributed by atoms with Crippen LogP contribution in [0.1, 0.15) is 18.4 Å². The molecule has 1 heterocycles. The second-order valence-corrected chi connectivity index (χ2v) is 8.77. The van der Waals surface area contributed by atoms with Gasteiger partial charge in [-0.1, -0.05) is 18.2 Å². The first kappa shape index (κ1) is 27.7. The Hall–Kier alpha value is -3.58. The number of aromatic amines is 1. The molecule has 0 saturated carbocycles. The van der Waals surface area contributed by atoms with Crippen LogP contribution < -0.4 is 21.7 Å². The second-order valence-electron chi connectivity index (χ2n) is 7.79. The average molecular weight is 508 g/mol. The molecule has 2 aromatic rings. The number of rotatable bonds is 14. The Balaban J connectivity index is 1.94. The van der Waals surface area contributed by atoms with Crippen molar-refractivity contribution in [2.45, 2.75) is 37.4 Å². The van der Waals surface area contributed by atoms with Gasteiger partial charge in [-0.3, -0.25) is 19.2 Å². The van der Waals surface area contributed by atoms with Crippen LogP contribution in [-0.4, -0.2) is 81.5 Å². The first-order chi connectivity index (χ1) is 16.6. The summed E-state index contributed by atoms with van der Waals surface area (Å²) in [5.41, 5.74) is 7.87. The molecule has 0 radical (unpaired) electrons. The lowest BCUT2D eigenvalue weighted by Crippen LogP contribution is -2.54. The van der Waals surface area contributed by atoms with Gasteiger partial charge in [0.2, 0.25) is 17.7 Å². The first-order valence-electron chi connectivity index (χ1n) is 10.7. The molecular weight excluding hydrogens is 478 g/mol. The van der Waals surface area contributed by atoms with Crippen molar-refractivity contribution in [2.24, 2.45) is 5.73 Å². The van der Waals surface area contributed by atoms with E-state index in [0.717, 1.165) is 16.5 Å². The van der Waals surface area contributed by atoms with Crippen LogP contribution >= 0.6 is 11.8 Å². The fourth-order valence-electron chi connectivity index (χ4n) is 3.32. The lowest BCUT2D eigenvalue weighted by atomic mass is 10.0. The number of aromatic nitrogens is 1.